The summed E-state index contributed by atoms with van der Waals surface area (Å²) in [4.78, 5) is 20.4. The van der Waals surface area contributed by atoms with Crippen LogP contribution in [-0.4, -0.2) is 25.3 Å². The van der Waals surface area contributed by atoms with E-state index in [4.69, 9.17) is 0 Å². The summed E-state index contributed by atoms with van der Waals surface area (Å²) in [7, 11) is 1.01. The molecule has 0 saturated heterocycles. The standard InChI is InChI=1S/C6H6F2O3/c1-11-5(10)4-3(2-9)6(4,7)8/h2-4H,1H3/t3-,4-/m0/s1. The van der Waals surface area contributed by atoms with Gasteiger partial charge < -0.3 is 9.53 Å². The number of ether oxygens (including phenoxy) is 1. The van der Waals surface area contributed by atoms with E-state index in [2.05, 4.69) is 4.74 Å². The summed E-state index contributed by atoms with van der Waals surface area (Å²) >= 11 is 0. The molecule has 1 aliphatic rings. The van der Waals surface area contributed by atoms with Gasteiger partial charge in [-0.3, -0.25) is 4.79 Å². The van der Waals surface area contributed by atoms with Gasteiger partial charge in [0.05, 0.1) is 13.0 Å². The molecule has 0 unspecified atom stereocenters. The van der Waals surface area contributed by atoms with E-state index in [1.54, 1.807) is 0 Å². The van der Waals surface area contributed by atoms with Gasteiger partial charge in [-0.1, -0.05) is 0 Å². The van der Waals surface area contributed by atoms with Gasteiger partial charge in [0.2, 0.25) is 0 Å². The van der Waals surface area contributed by atoms with Crippen LogP contribution >= 0.6 is 0 Å². The van der Waals surface area contributed by atoms with Crippen molar-refractivity contribution < 1.29 is 23.1 Å². The van der Waals surface area contributed by atoms with Crippen LogP contribution in [-0.2, 0) is 14.3 Å². The molecule has 0 spiro atoms. The molecule has 0 heterocycles. The fourth-order valence-electron chi connectivity index (χ4n) is 0.950. The third-order valence-corrected chi connectivity index (χ3v) is 1.71. The average Bonchev–Trinajstić information content (AvgIpc) is 2.51. The van der Waals surface area contributed by atoms with Crippen molar-refractivity contribution in [3.8, 4) is 0 Å². The molecule has 5 heteroatoms. The van der Waals surface area contributed by atoms with Gasteiger partial charge in [0.25, 0.3) is 5.92 Å². The van der Waals surface area contributed by atoms with E-state index in [0.29, 0.717) is 0 Å². The Kier molecular flexibility index (Phi) is 1.66. The van der Waals surface area contributed by atoms with E-state index in [-0.39, 0.29) is 6.29 Å². The van der Waals surface area contributed by atoms with Crippen molar-refractivity contribution in [2.24, 2.45) is 11.8 Å². The number of hydrogen-bond acceptors (Lipinski definition) is 3. The smallest absolute Gasteiger partial charge is 0.315 e. The number of carbonyl (C=O) groups excluding carboxylic acids is 2. The van der Waals surface area contributed by atoms with Crippen LogP contribution < -0.4 is 0 Å². The van der Waals surface area contributed by atoms with Gasteiger partial charge in [-0.2, -0.15) is 0 Å². The van der Waals surface area contributed by atoms with E-state index in [1.807, 2.05) is 0 Å². The van der Waals surface area contributed by atoms with Crippen molar-refractivity contribution in [1.29, 1.82) is 0 Å². The van der Waals surface area contributed by atoms with Crippen molar-refractivity contribution in [2.45, 2.75) is 5.92 Å². The van der Waals surface area contributed by atoms with Gasteiger partial charge in [-0.15, -0.1) is 0 Å². The van der Waals surface area contributed by atoms with Gasteiger partial charge >= 0.3 is 5.97 Å². The fraction of sp³-hybridized carbons (Fsp3) is 0.667. The molecule has 0 radical (unpaired) electrons. The Hall–Kier alpha value is -1.00. The van der Waals surface area contributed by atoms with Gasteiger partial charge in [0, 0.05) is 0 Å². The number of aldehydes is 1. The average molecular weight is 164 g/mol. The molecule has 0 amide bonds. The first-order valence-electron chi connectivity index (χ1n) is 2.96. The van der Waals surface area contributed by atoms with E-state index >= 15 is 0 Å². The highest BCUT2D eigenvalue weighted by atomic mass is 19.3. The highest BCUT2D eigenvalue weighted by Gasteiger charge is 2.73. The Labute approximate surface area is 61.3 Å². The van der Waals surface area contributed by atoms with Crippen LogP contribution in [0.25, 0.3) is 0 Å². The highest BCUT2D eigenvalue weighted by Crippen LogP contribution is 2.54. The summed E-state index contributed by atoms with van der Waals surface area (Å²) in [5.74, 6) is -7.23. The number of carbonyl (C=O) groups is 2. The van der Waals surface area contributed by atoms with Crippen LogP contribution in [0, 0.1) is 11.8 Å². The van der Waals surface area contributed by atoms with Crippen LogP contribution in [0.15, 0.2) is 0 Å². The van der Waals surface area contributed by atoms with Gasteiger partial charge in [0.1, 0.15) is 12.2 Å². The van der Waals surface area contributed by atoms with E-state index < -0.39 is 23.7 Å². The zero-order chi connectivity index (χ0) is 8.65. The number of halogens is 2. The molecule has 62 valence electrons. The van der Waals surface area contributed by atoms with Crippen molar-refractivity contribution >= 4 is 12.3 Å². The lowest BCUT2D eigenvalue weighted by Crippen LogP contribution is -2.08. The highest BCUT2D eigenvalue weighted by molar-refractivity contribution is 5.84. The minimum Gasteiger partial charge on any atom is -0.469 e. The minimum absolute atomic E-state index is 0.0849. The normalized spacial score (nSPS) is 32.6. The summed E-state index contributed by atoms with van der Waals surface area (Å²) in [5.41, 5.74) is 0. The van der Waals surface area contributed by atoms with Crippen LogP contribution in [0.3, 0.4) is 0 Å². The second-order valence-corrected chi connectivity index (χ2v) is 2.34. The first kappa shape index (κ1) is 8.10. The SMILES string of the molecule is COC(=O)[C@@H]1[C@H](C=O)C1(F)F. The lowest BCUT2D eigenvalue weighted by molar-refractivity contribution is -0.144. The first-order valence-corrected chi connectivity index (χ1v) is 2.96. The van der Waals surface area contributed by atoms with E-state index in [1.165, 1.54) is 0 Å². The number of esters is 1. The third kappa shape index (κ3) is 1.00. The zero-order valence-corrected chi connectivity index (χ0v) is 5.71. The second-order valence-electron chi connectivity index (χ2n) is 2.34. The molecule has 0 bridgehead atoms. The molecule has 3 nitrogen and oxygen atoms in total. The number of rotatable bonds is 2. The van der Waals surface area contributed by atoms with Crippen LogP contribution in [0.4, 0.5) is 8.78 Å². The topological polar surface area (TPSA) is 43.4 Å². The van der Waals surface area contributed by atoms with Crippen molar-refractivity contribution in [2.75, 3.05) is 7.11 Å². The molecular weight excluding hydrogens is 158 g/mol. The quantitative estimate of drug-likeness (QED) is 0.433. The molecule has 1 saturated carbocycles. The summed E-state index contributed by atoms with van der Waals surface area (Å²) in [6, 6.07) is 0. The summed E-state index contributed by atoms with van der Waals surface area (Å²) < 4.78 is 28.8. The Morgan fingerprint density at radius 3 is 2.45 bits per heavy atom. The van der Waals surface area contributed by atoms with Gasteiger partial charge in [-0.05, 0) is 0 Å². The second kappa shape index (κ2) is 2.25. The Balaban J connectivity index is 2.66. The first-order chi connectivity index (χ1) is 5.05. The molecule has 0 aromatic rings. The maximum Gasteiger partial charge on any atom is 0.315 e. The van der Waals surface area contributed by atoms with Crippen molar-refractivity contribution in [3.05, 3.63) is 0 Å². The molecule has 1 fully saturated rings. The van der Waals surface area contributed by atoms with E-state index in [0.717, 1.165) is 7.11 Å². The fourth-order valence-corrected chi connectivity index (χ4v) is 0.950. The summed E-state index contributed by atoms with van der Waals surface area (Å²) in [5, 5.41) is 0. The third-order valence-electron chi connectivity index (χ3n) is 1.71. The number of methoxy groups -OCH3 is 1. The predicted molar refractivity (Wildman–Crippen MR) is 30.0 cm³/mol. The van der Waals surface area contributed by atoms with Crippen molar-refractivity contribution in [1.82, 2.24) is 0 Å². The maximum absolute atomic E-state index is 12.4. The van der Waals surface area contributed by atoms with Gasteiger partial charge in [0.15, 0.2) is 0 Å². The molecule has 2 atom stereocenters. The molecule has 0 aliphatic heterocycles. The lowest BCUT2D eigenvalue weighted by Gasteiger charge is -1.93. The van der Waals surface area contributed by atoms with E-state index in [9.17, 15) is 18.4 Å². The zero-order valence-electron chi connectivity index (χ0n) is 5.71. The molecule has 1 aliphatic carbocycles. The molecule has 11 heavy (non-hydrogen) atoms. The maximum atomic E-state index is 12.4. The monoisotopic (exact) mass is 164 g/mol. The largest absolute Gasteiger partial charge is 0.469 e. The Morgan fingerprint density at radius 2 is 2.18 bits per heavy atom. The Bertz CT molecular complexity index is 202. The van der Waals surface area contributed by atoms with Crippen LogP contribution in [0.1, 0.15) is 0 Å². The predicted octanol–water partition coefficient (Wildman–Crippen LogP) is 0.240. The van der Waals surface area contributed by atoms with Crippen LogP contribution in [0.2, 0.25) is 0 Å². The molecule has 0 N–H and O–H groups in total. The molecule has 1 rings (SSSR count). The van der Waals surface area contributed by atoms with Crippen molar-refractivity contribution in [3.63, 3.8) is 0 Å². The summed E-state index contributed by atoms with van der Waals surface area (Å²) in [6.07, 6.45) is 0.0849. The lowest BCUT2D eigenvalue weighted by atomic mass is 10.3. The number of hydrogen-bond donors (Lipinski definition) is 0. The minimum atomic E-state index is -3.19. The molecule has 0 aromatic carbocycles. The molecular formula is C6H6F2O3. The van der Waals surface area contributed by atoms with Crippen LogP contribution in [0.5, 0.6) is 0 Å². The van der Waals surface area contributed by atoms with Gasteiger partial charge in [-0.25, -0.2) is 8.78 Å². The molecule has 0 aromatic heterocycles. The summed E-state index contributed by atoms with van der Waals surface area (Å²) in [6.45, 7) is 0. The Morgan fingerprint density at radius 1 is 1.64 bits per heavy atom. The number of alkyl halides is 2.